The molecule has 1 atom stereocenters. The van der Waals surface area contributed by atoms with E-state index >= 15 is 0 Å². The van der Waals surface area contributed by atoms with Gasteiger partial charge < -0.3 is 9.67 Å². The van der Waals surface area contributed by atoms with Crippen molar-refractivity contribution >= 4 is 0 Å². The van der Waals surface area contributed by atoms with E-state index in [0.29, 0.717) is 11.2 Å². The Hall–Kier alpha value is -1.84. The summed E-state index contributed by atoms with van der Waals surface area (Å²) < 4.78 is 2.31. The van der Waals surface area contributed by atoms with Gasteiger partial charge in [0.15, 0.2) is 0 Å². The van der Waals surface area contributed by atoms with E-state index in [1.54, 1.807) is 12.1 Å². The lowest BCUT2D eigenvalue weighted by Crippen LogP contribution is -2.21. The average molecular weight is 269 g/mol. The molecule has 1 fully saturated rings. The maximum atomic E-state index is 9.34. The van der Waals surface area contributed by atoms with Gasteiger partial charge in [0.2, 0.25) is 0 Å². The predicted octanol–water partition coefficient (Wildman–Crippen LogP) is 2.55. The van der Waals surface area contributed by atoms with E-state index < -0.39 is 0 Å². The minimum atomic E-state index is 0.307. The molecule has 0 spiro atoms. The van der Waals surface area contributed by atoms with E-state index in [1.807, 2.05) is 12.1 Å². The van der Waals surface area contributed by atoms with Gasteiger partial charge in [-0.1, -0.05) is 19.1 Å². The number of fused-ring (bicyclic) bond motifs is 1. The number of aromatic hydroxyl groups is 1. The summed E-state index contributed by atoms with van der Waals surface area (Å²) in [5, 5.41) is 18.1. The molecule has 2 heterocycles. The maximum Gasteiger partial charge on any atom is 0.137 e. The second kappa shape index (κ2) is 4.08. The largest absolute Gasteiger partial charge is 0.508 e. The molecule has 1 aliphatic carbocycles. The van der Waals surface area contributed by atoms with Crippen LogP contribution in [0.2, 0.25) is 0 Å². The van der Waals surface area contributed by atoms with E-state index in [9.17, 15) is 5.11 Å². The molecule has 0 amide bonds. The number of benzene rings is 1. The van der Waals surface area contributed by atoms with Gasteiger partial charge in [-0.15, -0.1) is 10.2 Å². The first-order valence-corrected chi connectivity index (χ1v) is 7.33. The molecule has 104 valence electrons. The fourth-order valence-electron chi connectivity index (χ4n) is 3.44. The third-order valence-corrected chi connectivity index (χ3v) is 4.85. The van der Waals surface area contributed by atoms with Crippen molar-refractivity contribution in [1.82, 2.24) is 14.8 Å². The zero-order chi connectivity index (χ0) is 13.7. The van der Waals surface area contributed by atoms with Crippen molar-refractivity contribution in [3.8, 4) is 5.75 Å². The van der Waals surface area contributed by atoms with Crippen LogP contribution in [0.1, 0.15) is 37.0 Å². The van der Waals surface area contributed by atoms with Crippen molar-refractivity contribution in [3.05, 3.63) is 41.5 Å². The molecule has 2 aromatic rings. The van der Waals surface area contributed by atoms with E-state index in [0.717, 1.165) is 42.5 Å². The zero-order valence-electron chi connectivity index (χ0n) is 11.7. The van der Waals surface area contributed by atoms with Crippen molar-refractivity contribution in [3.63, 3.8) is 0 Å². The summed E-state index contributed by atoms with van der Waals surface area (Å²) >= 11 is 0. The normalized spacial score (nSPS) is 24.9. The second-order valence-corrected chi connectivity index (χ2v) is 6.57. The standard InChI is InChI=1S/C16H19N3O/c1-16(12-4-5-12)9-15-18-17-14(19(15)10-16)8-11-2-6-13(20)7-3-11/h2-3,6-7,12,20H,4-5,8-10H2,1H3. The van der Waals surface area contributed by atoms with Gasteiger partial charge in [0, 0.05) is 19.4 Å². The molecule has 0 bridgehead atoms. The molecule has 1 N–H and O–H groups in total. The van der Waals surface area contributed by atoms with E-state index in [1.165, 1.54) is 12.8 Å². The van der Waals surface area contributed by atoms with Crippen LogP contribution in [-0.4, -0.2) is 19.9 Å². The maximum absolute atomic E-state index is 9.34. The van der Waals surface area contributed by atoms with Crippen molar-refractivity contribution < 1.29 is 5.11 Å². The van der Waals surface area contributed by atoms with Crippen LogP contribution in [0.25, 0.3) is 0 Å². The molecule has 1 aromatic heterocycles. The van der Waals surface area contributed by atoms with Gasteiger partial charge >= 0.3 is 0 Å². The number of phenolic OH excluding ortho intramolecular Hbond substituents is 1. The topological polar surface area (TPSA) is 50.9 Å². The summed E-state index contributed by atoms with van der Waals surface area (Å²) in [5.41, 5.74) is 1.56. The highest BCUT2D eigenvalue weighted by molar-refractivity contribution is 5.28. The molecule has 2 aliphatic rings. The highest BCUT2D eigenvalue weighted by atomic mass is 16.3. The molecular weight excluding hydrogens is 250 g/mol. The van der Waals surface area contributed by atoms with Gasteiger partial charge in [0.25, 0.3) is 0 Å². The van der Waals surface area contributed by atoms with Crippen molar-refractivity contribution in [2.45, 2.75) is 39.2 Å². The van der Waals surface area contributed by atoms with Crippen LogP contribution in [0, 0.1) is 11.3 Å². The van der Waals surface area contributed by atoms with Gasteiger partial charge in [-0.05, 0) is 41.9 Å². The van der Waals surface area contributed by atoms with Crippen LogP contribution in [0.3, 0.4) is 0 Å². The van der Waals surface area contributed by atoms with Gasteiger partial charge in [-0.25, -0.2) is 0 Å². The van der Waals surface area contributed by atoms with Crippen molar-refractivity contribution in [2.75, 3.05) is 0 Å². The molecule has 1 saturated carbocycles. The van der Waals surface area contributed by atoms with Crippen LogP contribution >= 0.6 is 0 Å². The van der Waals surface area contributed by atoms with Crippen molar-refractivity contribution in [1.29, 1.82) is 0 Å². The first-order chi connectivity index (χ1) is 9.64. The van der Waals surface area contributed by atoms with E-state index in [-0.39, 0.29) is 0 Å². The molecule has 4 nitrogen and oxygen atoms in total. The number of aromatic nitrogens is 3. The average Bonchev–Trinajstić information content (AvgIpc) is 3.15. The predicted molar refractivity (Wildman–Crippen MR) is 75.5 cm³/mol. The van der Waals surface area contributed by atoms with Crippen LogP contribution in [0.4, 0.5) is 0 Å². The molecule has 4 rings (SSSR count). The zero-order valence-corrected chi connectivity index (χ0v) is 11.7. The Labute approximate surface area is 118 Å². The molecule has 4 heteroatoms. The number of rotatable bonds is 3. The third-order valence-electron chi connectivity index (χ3n) is 4.85. The van der Waals surface area contributed by atoms with Gasteiger partial charge in [-0.3, -0.25) is 0 Å². The minimum Gasteiger partial charge on any atom is -0.508 e. The Bertz CT molecular complexity index is 642. The monoisotopic (exact) mass is 269 g/mol. The third kappa shape index (κ3) is 1.90. The van der Waals surface area contributed by atoms with Gasteiger partial charge in [0.1, 0.15) is 17.4 Å². The number of phenols is 1. The lowest BCUT2D eigenvalue weighted by Gasteiger charge is -2.22. The molecular formula is C16H19N3O. The van der Waals surface area contributed by atoms with E-state index in [2.05, 4.69) is 21.7 Å². The summed E-state index contributed by atoms with van der Waals surface area (Å²) in [4.78, 5) is 0. The van der Waals surface area contributed by atoms with Crippen LogP contribution in [-0.2, 0) is 19.4 Å². The fraction of sp³-hybridized carbons (Fsp3) is 0.500. The molecule has 1 aromatic carbocycles. The first kappa shape index (κ1) is 11.9. The Morgan fingerprint density at radius 1 is 1.25 bits per heavy atom. The fourth-order valence-corrected chi connectivity index (χ4v) is 3.44. The Kier molecular flexibility index (Phi) is 2.43. The van der Waals surface area contributed by atoms with Crippen LogP contribution in [0.15, 0.2) is 24.3 Å². The smallest absolute Gasteiger partial charge is 0.137 e. The quantitative estimate of drug-likeness (QED) is 0.931. The summed E-state index contributed by atoms with van der Waals surface area (Å²) in [5.74, 6) is 3.38. The Balaban J connectivity index is 1.58. The molecule has 1 aliphatic heterocycles. The Morgan fingerprint density at radius 2 is 2.00 bits per heavy atom. The number of hydrogen-bond donors (Lipinski definition) is 1. The molecule has 0 radical (unpaired) electrons. The summed E-state index contributed by atoms with van der Waals surface area (Å²) in [7, 11) is 0. The minimum absolute atomic E-state index is 0.307. The van der Waals surface area contributed by atoms with Crippen molar-refractivity contribution in [2.24, 2.45) is 11.3 Å². The number of hydrogen-bond acceptors (Lipinski definition) is 3. The summed E-state index contributed by atoms with van der Waals surface area (Å²) in [6.45, 7) is 3.46. The van der Waals surface area contributed by atoms with Gasteiger partial charge in [0.05, 0.1) is 0 Å². The molecule has 0 saturated heterocycles. The SMILES string of the molecule is CC1(C2CC2)Cc2nnc(Cc3ccc(O)cc3)n2C1. The summed E-state index contributed by atoms with van der Waals surface area (Å²) in [6, 6.07) is 7.35. The lowest BCUT2D eigenvalue weighted by molar-refractivity contribution is 0.263. The molecule has 1 unspecified atom stereocenters. The highest BCUT2D eigenvalue weighted by Gasteiger charge is 2.46. The van der Waals surface area contributed by atoms with Crippen LogP contribution in [0.5, 0.6) is 5.75 Å². The van der Waals surface area contributed by atoms with Gasteiger partial charge in [-0.2, -0.15) is 0 Å². The molecule has 20 heavy (non-hydrogen) atoms. The first-order valence-electron chi connectivity index (χ1n) is 7.33. The number of nitrogens with zero attached hydrogens (tertiary/aromatic N) is 3. The Morgan fingerprint density at radius 3 is 2.70 bits per heavy atom. The summed E-state index contributed by atoms with van der Waals surface area (Å²) in [6.07, 6.45) is 4.61. The van der Waals surface area contributed by atoms with Crippen LogP contribution < -0.4 is 0 Å². The second-order valence-electron chi connectivity index (χ2n) is 6.57. The van der Waals surface area contributed by atoms with E-state index in [4.69, 9.17) is 0 Å². The lowest BCUT2D eigenvalue weighted by atomic mass is 9.83. The highest BCUT2D eigenvalue weighted by Crippen LogP contribution is 2.50.